The van der Waals surface area contributed by atoms with Crippen molar-refractivity contribution >= 4 is 22.5 Å². The number of hydrogen-bond donors (Lipinski definition) is 1. The largest absolute Gasteiger partial charge is 0.322 e. The van der Waals surface area contributed by atoms with Gasteiger partial charge < -0.3 is 9.88 Å². The molecule has 0 aliphatic carbocycles. The summed E-state index contributed by atoms with van der Waals surface area (Å²) in [4.78, 5) is 34.2. The third-order valence-corrected chi connectivity index (χ3v) is 4.38. The molecule has 2 aromatic heterocycles. The molecule has 1 N–H and O–H groups in total. The second-order valence-electron chi connectivity index (χ2n) is 6.18. The average molecular weight is 355 g/mol. The number of fused-ring (bicyclic) bond motifs is 1. The molecule has 0 unspecified atom stereocenters. The van der Waals surface area contributed by atoms with E-state index in [0.717, 1.165) is 16.6 Å². The minimum atomic E-state index is -0.207. The van der Waals surface area contributed by atoms with Gasteiger partial charge in [-0.1, -0.05) is 36.4 Å². The molecule has 4 rings (SSSR count). The fraction of sp³-hybridized carbons (Fsp3) is 0.0455. The maximum absolute atomic E-state index is 13.1. The number of benzene rings is 2. The van der Waals surface area contributed by atoms with E-state index in [1.54, 1.807) is 23.2 Å². The van der Waals surface area contributed by atoms with Gasteiger partial charge in [0.25, 0.3) is 11.5 Å². The molecule has 5 heteroatoms. The van der Waals surface area contributed by atoms with Crippen LogP contribution in [0, 0.1) is 0 Å². The van der Waals surface area contributed by atoms with Gasteiger partial charge in [0.05, 0.1) is 12.1 Å². The molecule has 1 amide bonds. The normalized spacial score (nSPS) is 10.7. The SMILES string of the molecule is O=C(c1cccnc1)N(Cc1cc2ccccc2[nH]c1=O)c1ccccc1. The Kier molecular flexibility index (Phi) is 4.49. The van der Waals surface area contributed by atoms with Gasteiger partial charge in [-0.25, -0.2) is 0 Å². The molecule has 27 heavy (non-hydrogen) atoms. The van der Waals surface area contributed by atoms with Crippen LogP contribution in [0.1, 0.15) is 15.9 Å². The van der Waals surface area contributed by atoms with Crippen molar-refractivity contribution in [1.29, 1.82) is 0 Å². The van der Waals surface area contributed by atoms with Crippen LogP contribution in [0.3, 0.4) is 0 Å². The van der Waals surface area contributed by atoms with Crippen molar-refractivity contribution in [3.63, 3.8) is 0 Å². The predicted molar refractivity (Wildman–Crippen MR) is 106 cm³/mol. The van der Waals surface area contributed by atoms with E-state index < -0.39 is 0 Å². The van der Waals surface area contributed by atoms with Gasteiger partial charge >= 0.3 is 0 Å². The van der Waals surface area contributed by atoms with Gasteiger partial charge in [0.15, 0.2) is 0 Å². The zero-order chi connectivity index (χ0) is 18.6. The first-order valence-corrected chi connectivity index (χ1v) is 8.60. The number of pyridine rings is 2. The van der Waals surface area contributed by atoms with Gasteiger partial charge in [0.2, 0.25) is 0 Å². The number of carbonyl (C=O) groups excluding carboxylic acids is 1. The topological polar surface area (TPSA) is 66.1 Å². The second kappa shape index (κ2) is 7.25. The van der Waals surface area contributed by atoms with E-state index in [4.69, 9.17) is 0 Å². The molecule has 0 radical (unpaired) electrons. The minimum Gasteiger partial charge on any atom is -0.322 e. The van der Waals surface area contributed by atoms with Gasteiger partial charge in [0, 0.05) is 29.2 Å². The number of rotatable bonds is 4. The van der Waals surface area contributed by atoms with E-state index >= 15 is 0 Å². The molecular weight excluding hydrogens is 338 g/mol. The number of nitrogens with zero attached hydrogens (tertiary/aromatic N) is 2. The molecule has 2 heterocycles. The molecule has 0 spiro atoms. The van der Waals surface area contributed by atoms with Crippen LogP contribution in [0.2, 0.25) is 0 Å². The lowest BCUT2D eigenvalue weighted by Crippen LogP contribution is -2.32. The Bertz CT molecular complexity index is 1140. The van der Waals surface area contributed by atoms with E-state index in [0.29, 0.717) is 11.1 Å². The van der Waals surface area contributed by atoms with Crippen LogP contribution in [0.5, 0.6) is 0 Å². The molecule has 0 saturated heterocycles. The van der Waals surface area contributed by atoms with Crippen LogP contribution in [-0.2, 0) is 6.54 Å². The second-order valence-corrected chi connectivity index (χ2v) is 6.18. The van der Waals surface area contributed by atoms with Gasteiger partial charge in [-0.15, -0.1) is 0 Å². The zero-order valence-electron chi connectivity index (χ0n) is 14.5. The van der Waals surface area contributed by atoms with Gasteiger partial charge in [-0.05, 0) is 41.8 Å². The van der Waals surface area contributed by atoms with Crippen molar-refractivity contribution in [2.45, 2.75) is 6.54 Å². The molecular formula is C22H17N3O2. The third kappa shape index (κ3) is 3.48. The van der Waals surface area contributed by atoms with Crippen molar-refractivity contribution in [2.75, 3.05) is 4.90 Å². The number of aromatic nitrogens is 2. The van der Waals surface area contributed by atoms with Crippen LogP contribution in [0.4, 0.5) is 5.69 Å². The monoisotopic (exact) mass is 355 g/mol. The molecule has 0 atom stereocenters. The van der Waals surface area contributed by atoms with E-state index in [1.165, 1.54) is 6.20 Å². The van der Waals surface area contributed by atoms with Gasteiger partial charge in [-0.3, -0.25) is 14.6 Å². The summed E-state index contributed by atoms with van der Waals surface area (Å²) >= 11 is 0. The Labute approximate surface area is 155 Å². The lowest BCUT2D eigenvalue weighted by Gasteiger charge is -2.23. The number of nitrogens with one attached hydrogen (secondary N) is 1. The van der Waals surface area contributed by atoms with Crippen molar-refractivity contribution in [2.24, 2.45) is 0 Å². The first kappa shape index (κ1) is 16.7. The van der Waals surface area contributed by atoms with Crippen LogP contribution in [0.25, 0.3) is 10.9 Å². The maximum Gasteiger partial charge on any atom is 0.260 e. The standard InChI is InChI=1S/C22H17N3O2/c26-21-18(13-16-7-4-5-11-20(16)24-21)15-25(19-9-2-1-3-10-19)22(27)17-8-6-12-23-14-17/h1-14H,15H2,(H,24,26). The number of para-hydroxylation sites is 2. The van der Waals surface area contributed by atoms with E-state index in [2.05, 4.69) is 9.97 Å². The fourth-order valence-corrected chi connectivity index (χ4v) is 3.01. The predicted octanol–water partition coefficient (Wildman–Crippen LogP) is 3.77. The number of aromatic amines is 1. The Hall–Kier alpha value is -3.73. The molecule has 0 fully saturated rings. The van der Waals surface area contributed by atoms with Crippen LogP contribution >= 0.6 is 0 Å². The molecule has 0 saturated carbocycles. The molecule has 4 aromatic rings. The summed E-state index contributed by atoms with van der Waals surface area (Å²) < 4.78 is 0. The number of carbonyl (C=O) groups is 1. The maximum atomic E-state index is 13.1. The Balaban J connectivity index is 1.77. The van der Waals surface area contributed by atoms with Gasteiger partial charge in [0.1, 0.15) is 0 Å². The zero-order valence-corrected chi connectivity index (χ0v) is 14.5. The lowest BCUT2D eigenvalue weighted by molar-refractivity contribution is 0.0984. The van der Waals surface area contributed by atoms with Crippen molar-refractivity contribution < 1.29 is 4.79 Å². The smallest absolute Gasteiger partial charge is 0.260 e. The molecule has 132 valence electrons. The van der Waals surface area contributed by atoms with Crippen molar-refractivity contribution in [3.8, 4) is 0 Å². The summed E-state index contributed by atoms with van der Waals surface area (Å²) in [7, 11) is 0. The fourth-order valence-electron chi connectivity index (χ4n) is 3.01. The highest BCUT2D eigenvalue weighted by Gasteiger charge is 2.19. The number of amides is 1. The highest BCUT2D eigenvalue weighted by molar-refractivity contribution is 6.05. The summed E-state index contributed by atoms with van der Waals surface area (Å²) in [6, 6.07) is 22.2. The number of anilines is 1. The Morgan fingerprint density at radius 1 is 0.963 bits per heavy atom. The van der Waals surface area contributed by atoms with Crippen LogP contribution < -0.4 is 10.5 Å². The molecule has 0 aliphatic rings. The minimum absolute atomic E-state index is 0.165. The molecule has 2 aromatic carbocycles. The number of H-pyrrole nitrogens is 1. The summed E-state index contributed by atoms with van der Waals surface area (Å²) in [6.07, 6.45) is 3.15. The van der Waals surface area contributed by atoms with Gasteiger partial charge in [-0.2, -0.15) is 0 Å². The Morgan fingerprint density at radius 3 is 2.52 bits per heavy atom. The summed E-state index contributed by atoms with van der Waals surface area (Å²) in [5, 5.41) is 0.925. The lowest BCUT2D eigenvalue weighted by atomic mass is 10.1. The molecule has 0 aliphatic heterocycles. The third-order valence-electron chi connectivity index (χ3n) is 4.38. The highest BCUT2D eigenvalue weighted by atomic mass is 16.2. The quantitative estimate of drug-likeness (QED) is 0.606. The summed E-state index contributed by atoms with van der Waals surface area (Å²) in [5.41, 5.74) is 2.29. The average Bonchev–Trinajstić information content (AvgIpc) is 2.73. The van der Waals surface area contributed by atoms with Crippen molar-refractivity contribution in [1.82, 2.24) is 9.97 Å². The first-order chi connectivity index (χ1) is 13.2. The summed E-state index contributed by atoms with van der Waals surface area (Å²) in [6.45, 7) is 0.165. The number of hydrogen-bond acceptors (Lipinski definition) is 3. The molecule has 0 bridgehead atoms. The van der Waals surface area contributed by atoms with Crippen LogP contribution in [0.15, 0.2) is 90.0 Å². The van der Waals surface area contributed by atoms with Crippen LogP contribution in [-0.4, -0.2) is 15.9 Å². The highest BCUT2D eigenvalue weighted by Crippen LogP contribution is 2.20. The first-order valence-electron chi connectivity index (χ1n) is 8.60. The van der Waals surface area contributed by atoms with E-state index in [9.17, 15) is 9.59 Å². The van der Waals surface area contributed by atoms with E-state index in [-0.39, 0.29) is 18.0 Å². The summed E-state index contributed by atoms with van der Waals surface area (Å²) in [5.74, 6) is -0.207. The van der Waals surface area contributed by atoms with E-state index in [1.807, 2.05) is 60.7 Å². The Morgan fingerprint density at radius 2 is 1.74 bits per heavy atom. The van der Waals surface area contributed by atoms with Crippen molar-refractivity contribution in [3.05, 3.63) is 107 Å². The molecule has 5 nitrogen and oxygen atoms in total.